The molecule has 8 nitrogen and oxygen atoms in total. The van der Waals surface area contributed by atoms with Crippen LogP contribution in [0.2, 0.25) is 0 Å². The molecule has 5 atom stereocenters. The van der Waals surface area contributed by atoms with Crippen molar-refractivity contribution in [2.24, 2.45) is 0 Å². The van der Waals surface area contributed by atoms with Crippen molar-refractivity contribution in [3.63, 3.8) is 0 Å². The Morgan fingerprint density at radius 3 is 2.40 bits per heavy atom. The molecule has 0 amide bonds. The van der Waals surface area contributed by atoms with Crippen LogP contribution in [-0.4, -0.2) is 60.1 Å². The van der Waals surface area contributed by atoms with Crippen LogP contribution < -0.4 is 0 Å². The van der Waals surface area contributed by atoms with E-state index in [1.165, 1.54) is 13.8 Å². The fraction of sp³-hybridized carbons (Fsp3) is 0.750. The molecule has 2 aliphatic heterocycles. The lowest BCUT2D eigenvalue weighted by Gasteiger charge is -2.41. The van der Waals surface area contributed by atoms with Gasteiger partial charge in [0.2, 0.25) is 0 Å². The average Bonchev–Trinajstić information content (AvgIpc) is 2.71. The SMILES string of the molecule is CC(=O)OC1C(CO)OC2CC(=O)OC2C1OC(C)=O. The van der Waals surface area contributed by atoms with E-state index in [2.05, 4.69) is 0 Å². The van der Waals surface area contributed by atoms with E-state index in [-0.39, 0.29) is 6.42 Å². The number of fused-ring (bicyclic) bond motifs is 1. The van der Waals surface area contributed by atoms with E-state index >= 15 is 0 Å². The molecule has 0 aromatic carbocycles. The third kappa shape index (κ3) is 2.91. The fourth-order valence-corrected chi connectivity index (χ4v) is 2.47. The normalized spacial score (nSPS) is 36.0. The first kappa shape index (κ1) is 14.7. The van der Waals surface area contributed by atoms with Gasteiger partial charge < -0.3 is 24.1 Å². The second-order valence-electron chi connectivity index (χ2n) is 4.70. The van der Waals surface area contributed by atoms with Crippen molar-refractivity contribution < 1.29 is 38.4 Å². The summed E-state index contributed by atoms with van der Waals surface area (Å²) in [7, 11) is 0. The minimum atomic E-state index is -1.02. The van der Waals surface area contributed by atoms with Gasteiger partial charge >= 0.3 is 17.9 Å². The van der Waals surface area contributed by atoms with E-state index in [0.717, 1.165) is 0 Å². The number of rotatable bonds is 3. The number of carbonyl (C=O) groups is 3. The Bertz CT molecular complexity index is 420. The minimum Gasteiger partial charge on any atom is -0.456 e. The Morgan fingerprint density at radius 2 is 1.85 bits per heavy atom. The summed E-state index contributed by atoms with van der Waals surface area (Å²) in [6.45, 7) is 1.94. The standard InChI is InChI=1S/C12H16O8/c1-5(14)17-11-8(4-13)19-7-3-9(16)20-10(7)12(11)18-6(2)15/h7-8,10-13H,3-4H2,1-2H3. The topological polar surface area (TPSA) is 108 Å². The van der Waals surface area contributed by atoms with Crippen molar-refractivity contribution in [1.29, 1.82) is 0 Å². The van der Waals surface area contributed by atoms with Crippen LogP contribution in [0, 0.1) is 0 Å². The maximum atomic E-state index is 11.4. The smallest absolute Gasteiger partial charge is 0.309 e. The van der Waals surface area contributed by atoms with Gasteiger partial charge in [0.05, 0.1) is 13.0 Å². The number of hydrogen-bond acceptors (Lipinski definition) is 8. The third-order valence-corrected chi connectivity index (χ3v) is 3.15. The van der Waals surface area contributed by atoms with Crippen molar-refractivity contribution in [2.75, 3.05) is 6.61 Å². The van der Waals surface area contributed by atoms with Gasteiger partial charge in [0.1, 0.15) is 12.2 Å². The van der Waals surface area contributed by atoms with Crippen molar-refractivity contribution in [2.45, 2.75) is 50.8 Å². The van der Waals surface area contributed by atoms with Crippen LogP contribution in [0.3, 0.4) is 0 Å². The average molecular weight is 288 g/mol. The Morgan fingerprint density at radius 1 is 1.25 bits per heavy atom. The summed E-state index contributed by atoms with van der Waals surface area (Å²) >= 11 is 0. The van der Waals surface area contributed by atoms with E-state index in [1.807, 2.05) is 0 Å². The van der Waals surface area contributed by atoms with Crippen LogP contribution in [-0.2, 0) is 33.3 Å². The van der Waals surface area contributed by atoms with Gasteiger partial charge in [-0.1, -0.05) is 0 Å². The first-order valence-corrected chi connectivity index (χ1v) is 6.22. The number of esters is 3. The maximum Gasteiger partial charge on any atom is 0.309 e. The van der Waals surface area contributed by atoms with Crippen LogP contribution in [0.1, 0.15) is 20.3 Å². The van der Waals surface area contributed by atoms with Gasteiger partial charge in [0.15, 0.2) is 18.3 Å². The van der Waals surface area contributed by atoms with E-state index < -0.39 is 55.0 Å². The molecule has 112 valence electrons. The second-order valence-corrected chi connectivity index (χ2v) is 4.70. The molecule has 0 saturated carbocycles. The minimum absolute atomic E-state index is 0.00568. The van der Waals surface area contributed by atoms with E-state index in [9.17, 15) is 19.5 Å². The molecule has 2 saturated heterocycles. The number of ether oxygens (including phenoxy) is 4. The first-order valence-electron chi connectivity index (χ1n) is 6.22. The fourth-order valence-electron chi connectivity index (χ4n) is 2.47. The molecule has 0 radical (unpaired) electrons. The molecule has 0 aliphatic carbocycles. The van der Waals surface area contributed by atoms with Gasteiger partial charge in [0.25, 0.3) is 0 Å². The molecule has 2 heterocycles. The molecule has 8 heteroatoms. The first-order chi connectivity index (χ1) is 9.42. The summed E-state index contributed by atoms with van der Waals surface area (Å²) in [6, 6.07) is 0. The Hall–Kier alpha value is -1.67. The molecule has 0 aromatic rings. The Labute approximate surface area is 114 Å². The zero-order chi connectivity index (χ0) is 14.9. The number of aliphatic hydroxyl groups is 1. The molecule has 0 spiro atoms. The van der Waals surface area contributed by atoms with Gasteiger partial charge in [-0.25, -0.2) is 0 Å². The zero-order valence-corrected chi connectivity index (χ0v) is 11.1. The quantitative estimate of drug-likeness (QED) is 0.516. The van der Waals surface area contributed by atoms with E-state index in [4.69, 9.17) is 18.9 Å². The van der Waals surface area contributed by atoms with Crippen molar-refractivity contribution in [1.82, 2.24) is 0 Å². The zero-order valence-electron chi connectivity index (χ0n) is 11.1. The van der Waals surface area contributed by atoms with Crippen LogP contribution in [0.4, 0.5) is 0 Å². The molecular weight excluding hydrogens is 272 g/mol. The number of carbonyl (C=O) groups excluding carboxylic acids is 3. The summed E-state index contributed by atoms with van der Waals surface area (Å²) in [6.07, 6.45) is -4.34. The summed E-state index contributed by atoms with van der Waals surface area (Å²) in [4.78, 5) is 33.7. The van der Waals surface area contributed by atoms with Gasteiger partial charge in [0, 0.05) is 13.8 Å². The molecule has 2 aliphatic rings. The van der Waals surface area contributed by atoms with Gasteiger partial charge in [-0.2, -0.15) is 0 Å². The molecule has 0 bridgehead atoms. The molecule has 2 fully saturated rings. The highest BCUT2D eigenvalue weighted by molar-refractivity contribution is 5.73. The predicted octanol–water partition coefficient (Wildman–Crippen LogP) is -1.07. The van der Waals surface area contributed by atoms with Crippen molar-refractivity contribution in [3.8, 4) is 0 Å². The van der Waals surface area contributed by atoms with Crippen LogP contribution in [0.15, 0.2) is 0 Å². The summed E-state index contributed by atoms with van der Waals surface area (Å²) in [5, 5.41) is 9.33. The third-order valence-electron chi connectivity index (χ3n) is 3.15. The largest absolute Gasteiger partial charge is 0.456 e. The van der Waals surface area contributed by atoms with Gasteiger partial charge in [-0.3, -0.25) is 14.4 Å². The molecule has 1 N–H and O–H groups in total. The van der Waals surface area contributed by atoms with E-state index in [0.29, 0.717) is 0 Å². The summed E-state index contributed by atoms with van der Waals surface area (Å²) < 4.78 is 20.7. The highest BCUT2D eigenvalue weighted by atomic mass is 16.7. The van der Waals surface area contributed by atoms with E-state index in [1.54, 1.807) is 0 Å². The van der Waals surface area contributed by atoms with Crippen LogP contribution in [0.25, 0.3) is 0 Å². The molecule has 2 rings (SSSR count). The second kappa shape index (κ2) is 5.76. The lowest BCUT2D eigenvalue weighted by Crippen LogP contribution is -2.59. The molecule has 0 aromatic heterocycles. The lowest BCUT2D eigenvalue weighted by molar-refractivity contribution is -0.235. The predicted molar refractivity (Wildman–Crippen MR) is 61.4 cm³/mol. The molecular formula is C12H16O8. The highest BCUT2D eigenvalue weighted by Crippen LogP contribution is 2.33. The highest BCUT2D eigenvalue weighted by Gasteiger charge is 2.54. The van der Waals surface area contributed by atoms with Crippen LogP contribution in [0.5, 0.6) is 0 Å². The van der Waals surface area contributed by atoms with Crippen molar-refractivity contribution >= 4 is 17.9 Å². The van der Waals surface area contributed by atoms with Crippen molar-refractivity contribution in [3.05, 3.63) is 0 Å². The van der Waals surface area contributed by atoms with Gasteiger partial charge in [-0.05, 0) is 0 Å². The number of aliphatic hydroxyl groups excluding tert-OH is 1. The summed E-state index contributed by atoms with van der Waals surface area (Å²) in [5.41, 5.74) is 0. The Kier molecular flexibility index (Phi) is 4.24. The van der Waals surface area contributed by atoms with Crippen LogP contribution >= 0.6 is 0 Å². The maximum absolute atomic E-state index is 11.4. The molecule has 20 heavy (non-hydrogen) atoms. The summed E-state index contributed by atoms with van der Waals surface area (Å²) in [5.74, 6) is -1.71. The van der Waals surface area contributed by atoms with Gasteiger partial charge in [-0.15, -0.1) is 0 Å². The number of hydrogen-bond donors (Lipinski definition) is 1. The Balaban J connectivity index is 2.26. The monoisotopic (exact) mass is 288 g/mol. The lowest BCUT2D eigenvalue weighted by atomic mass is 9.94. The molecule has 5 unspecified atom stereocenters.